The summed E-state index contributed by atoms with van der Waals surface area (Å²) >= 11 is 0. The number of para-hydroxylation sites is 2. The second-order valence-electron chi connectivity index (χ2n) is 38.7. The first-order valence-corrected chi connectivity index (χ1v) is 52.5. The highest BCUT2D eigenvalue weighted by Crippen LogP contribution is 2.48. The molecule has 3 saturated heterocycles. The minimum absolute atomic E-state index is 0.0338. The van der Waals surface area contributed by atoms with Gasteiger partial charge in [0.1, 0.15) is 85.6 Å². The summed E-state index contributed by atoms with van der Waals surface area (Å²) in [5.74, 6) is -4.08. The minimum Gasteiger partial charge on any atom is -0.394 e. The zero-order valence-corrected chi connectivity index (χ0v) is 88.3. The second kappa shape index (κ2) is 69.9. The Bertz CT molecular complexity index is 4300. The Morgan fingerprint density at radius 1 is 0.367 bits per heavy atom. The molecular weight excluding hydrogens is 1960 g/mol. The van der Waals surface area contributed by atoms with E-state index in [9.17, 15) is 98.7 Å². The molecule has 20 N–H and O–H groups in total. The van der Waals surface area contributed by atoms with Crippen LogP contribution < -0.4 is 63.4 Å². The molecule has 0 saturated carbocycles. The van der Waals surface area contributed by atoms with Gasteiger partial charge in [-0.25, -0.2) is 0 Å². The van der Waals surface area contributed by atoms with Gasteiger partial charge in [0, 0.05) is 179 Å². The number of unbranched alkanes of at least 4 members (excludes halogenated alkanes) is 5. The van der Waals surface area contributed by atoms with Crippen molar-refractivity contribution in [2.24, 2.45) is 0 Å². The number of rotatable bonds is 76. The molecule has 2 aromatic rings. The van der Waals surface area contributed by atoms with Gasteiger partial charge in [-0.3, -0.25) is 52.7 Å². The number of ether oxygens (including phenoxy) is 13. The highest BCUT2D eigenvalue weighted by atomic mass is 16.7. The van der Waals surface area contributed by atoms with E-state index < -0.39 is 159 Å². The first kappa shape index (κ1) is 127. The maximum Gasteiger partial charge on any atom is 0.222 e. The third-order valence-electron chi connectivity index (χ3n) is 25.9. The van der Waals surface area contributed by atoms with Gasteiger partial charge < -0.3 is 171 Å². The van der Waals surface area contributed by atoms with Crippen molar-refractivity contribution >= 4 is 82.1 Å². The highest BCUT2D eigenvalue weighted by Gasteiger charge is 2.50. The molecule has 11 amide bonds. The van der Waals surface area contributed by atoms with Crippen LogP contribution in [0.1, 0.15) is 188 Å². The van der Waals surface area contributed by atoms with Crippen LogP contribution in [0.25, 0.3) is 0 Å². The lowest BCUT2D eigenvalue weighted by atomic mass is 9.81. The molecule has 0 aliphatic carbocycles. The van der Waals surface area contributed by atoms with Crippen LogP contribution in [0, 0.1) is 0 Å². The molecule has 7 rings (SSSR count). The van der Waals surface area contributed by atoms with E-state index in [-0.39, 0.29) is 211 Å². The maximum absolute atomic E-state index is 14.1. The number of benzene rings is 2. The van der Waals surface area contributed by atoms with Crippen molar-refractivity contribution in [2.45, 2.75) is 285 Å². The van der Waals surface area contributed by atoms with Crippen molar-refractivity contribution in [1.82, 2.24) is 58.5 Å². The average molecular weight is 2130 g/mol. The molecule has 15 atom stereocenters. The van der Waals surface area contributed by atoms with Crippen LogP contribution in [0.5, 0.6) is 0 Å². The van der Waals surface area contributed by atoms with Gasteiger partial charge >= 0.3 is 0 Å². The second-order valence-corrected chi connectivity index (χ2v) is 38.7. The summed E-state index contributed by atoms with van der Waals surface area (Å²) in [6, 6.07) is 13.8. The molecule has 15 unspecified atom stereocenters. The maximum atomic E-state index is 14.1. The third-order valence-corrected chi connectivity index (χ3v) is 25.9. The first-order valence-electron chi connectivity index (χ1n) is 52.5. The zero-order chi connectivity index (χ0) is 109. The first-order chi connectivity index (χ1) is 72.1. The fourth-order valence-corrected chi connectivity index (χ4v) is 17.7. The molecule has 5 heterocycles. The molecule has 5 aliphatic heterocycles. The standard InChI is InChI=1S/C104H167N13O33/c1-70(121)112-90-96(135)93(132)77(64-118)148-99(90)145-50-22-18-35-82(124)105-42-25-45-108-86(128)38-54-142-67-104(68-143-55-39-87(129)109-46-26-43-106-83(125)36-19-23-51-146-100-91(113-71(2)122)97(136)94(133)78(65-119)149-100,69-144-56-40-88(130)110-47-27-44-107-84(126)37-20-24-52-147-101-92(114-72(3)123)98(137)95(134)79(66-120)150-101)115-89(131)41-53-138-58-60-140-62-63-141-61-59-139-57-48-111-85(127)34-13-10-21-49-117-76-31-17-15-29-74(76)103(6,7)81(117)33-12-9-11-32-80-102(4,5)73-28-14-16-30-75(73)116(80)8/h9,11-12,14-17,28-33,77-79,90-101,118-120,132-137H,10,13,18-27,34-69H2,1-8H3,(H10-,105,106,107,108,109,110,111,112,113,114,115,121,122,123,124,125,126,127,128,129,130,131)/p+1. The number of carbonyl (C=O) groups is 11. The van der Waals surface area contributed by atoms with Gasteiger partial charge in [-0.05, 0) is 102 Å². The normalized spacial score (nSPS) is 22.9. The summed E-state index contributed by atoms with van der Waals surface area (Å²) < 4.78 is 77.5. The quantitative estimate of drug-likeness (QED) is 0.0214. The largest absolute Gasteiger partial charge is 0.394 e. The Hall–Kier alpha value is -9.58. The Morgan fingerprint density at radius 2 is 0.707 bits per heavy atom. The smallest absolute Gasteiger partial charge is 0.222 e. The number of anilines is 1. The molecule has 0 bridgehead atoms. The molecule has 46 nitrogen and oxygen atoms in total. The van der Waals surface area contributed by atoms with Crippen LogP contribution in [0.15, 0.2) is 84.6 Å². The number of amides is 11. The predicted octanol–water partition coefficient (Wildman–Crippen LogP) is -1.05. The molecule has 46 heteroatoms. The number of nitrogens with one attached hydrogen (secondary N) is 11. The van der Waals surface area contributed by atoms with E-state index in [4.69, 9.17) is 61.6 Å². The topological polar surface area (TPSA) is 628 Å². The van der Waals surface area contributed by atoms with E-state index in [0.29, 0.717) is 90.6 Å². The molecule has 846 valence electrons. The van der Waals surface area contributed by atoms with Crippen molar-refractivity contribution < 1.29 is 165 Å². The minimum atomic E-state index is -1.52. The van der Waals surface area contributed by atoms with E-state index in [1.165, 1.54) is 54.7 Å². The summed E-state index contributed by atoms with van der Waals surface area (Å²) in [5.41, 5.74) is 5.69. The lowest BCUT2D eigenvalue weighted by Crippen LogP contribution is -2.64. The van der Waals surface area contributed by atoms with Crippen LogP contribution in [-0.4, -0.2) is 410 Å². The van der Waals surface area contributed by atoms with Crippen molar-refractivity contribution in [3.63, 3.8) is 0 Å². The number of carbonyl (C=O) groups excluding carboxylic acids is 11. The molecular formula is C104H168N13O33+. The fraction of sp³-hybridized carbons (Fsp3) is 0.712. The predicted molar refractivity (Wildman–Crippen MR) is 547 cm³/mol. The van der Waals surface area contributed by atoms with Gasteiger partial charge in [0.05, 0.1) is 118 Å². The molecule has 0 spiro atoms. The molecule has 2 aromatic carbocycles. The number of hydrogen-bond acceptors (Lipinski definition) is 34. The number of hydrogen-bond donors (Lipinski definition) is 20. The number of nitrogens with zero attached hydrogens (tertiary/aromatic N) is 2. The number of fused-ring (bicyclic) bond motifs is 2. The number of aliphatic hydroxyl groups is 9. The summed E-state index contributed by atoms with van der Waals surface area (Å²) in [6.07, 6.45) is 1.06. The Morgan fingerprint density at radius 3 is 1.09 bits per heavy atom. The third kappa shape index (κ3) is 44.8. The lowest BCUT2D eigenvalue weighted by Gasteiger charge is -2.42. The van der Waals surface area contributed by atoms with Crippen LogP contribution in [0.3, 0.4) is 0 Å². The summed E-state index contributed by atoms with van der Waals surface area (Å²) in [4.78, 5) is 143. The fourth-order valence-electron chi connectivity index (χ4n) is 17.7. The van der Waals surface area contributed by atoms with Crippen LogP contribution in [0.4, 0.5) is 11.4 Å². The van der Waals surface area contributed by atoms with Crippen LogP contribution in [0.2, 0.25) is 0 Å². The van der Waals surface area contributed by atoms with Crippen molar-refractivity contribution in [2.75, 3.05) is 196 Å². The van der Waals surface area contributed by atoms with Crippen molar-refractivity contribution in [3.05, 3.63) is 95.7 Å². The Balaban J connectivity index is 0.841. The van der Waals surface area contributed by atoms with Crippen LogP contribution in [-0.2, 0) is 125 Å². The van der Waals surface area contributed by atoms with Gasteiger partial charge in [0.25, 0.3) is 0 Å². The number of aliphatic hydroxyl groups excluding tert-OH is 9. The number of allylic oxidation sites excluding steroid dienone is 6. The molecule has 0 radical (unpaired) electrons. The summed E-state index contributed by atoms with van der Waals surface area (Å²) in [5, 5.41) is 122. The summed E-state index contributed by atoms with van der Waals surface area (Å²) in [6.45, 7) is 13.7. The molecule has 150 heavy (non-hydrogen) atoms. The van der Waals surface area contributed by atoms with Gasteiger partial charge in [0.15, 0.2) is 24.6 Å². The summed E-state index contributed by atoms with van der Waals surface area (Å²) in [7, 11) is 2.12. The SMILES string of the molecule is CC(=O)NC1C(OCCCCC(=O)NCCCNC(=O)CCOCC(COCCC(=O)NCCCNC(=O)CCCCOC2OC(CO)C(O)C(O)C2NC(C)=O)(COCCC(=O)NCCCNC(=O)CCCCOC2OC(CO)C(O)C(O)C2NC(C)=O)NC(=O)CCOCCOCCOCCOCCNC(=O)CCCCCN2/C(=C/C=C/C=C/C3=[N+](C)c4ccccc4C3(C)C)C(C)(C)c3ccccc32)OC(CO)C(O)C1O. The van der Waals surface area contributed by atoms with E-state index >= 15 is 0 Å². The van der Waals surface area contributed by atoms with Gasteiger partial charge in [-0.2, -0.15) is 4.58 Å². The van der Waals surface area contributed by atoms with Gasteiger partial charge in [0.2, 0.25) is 70.7 Å². The molecule has 5 aliphatic rings. The zero-order valence-electron chi connectivity index (χ0n) is 88.3. The van der Waals surface area contributed by atoms with E-state index in [1.54, 1.807) is 0 Å². The van der Waals surface area contributed by atoms with E-state index in [0.717, 1.165) is 25.8 Å². The van der Waals surface area contributed by atoms with E-state index in [1.807, 2.05) is 0 Å². The monoisotopic (exact) mass is 2130 g/mol. The Labute approximate surface area is 878 Å². The van der Waals surface area contributed by atoms with Crippen LogP contribution >= 0.6 is 0 Å². The average Bonchev–Trinajstić information content (AvgIpc) is 1.60. The Kier molecular flexibility index (Phi) is 59.4. The van der Waals surface area contributed by atoms with Gasteiger partial charge in [-0.15, -0.1) is 0 Å². The van der Waals surface area contributed by atoms with Gasteiger partial charge in [-0.1, -0.05) is 74.9 Å². The molecule has 3 fully saturated rings. The van der Waals surface area contributed by atoms with Crippen molar-refractivity contribution in [3.8, 4) is 0 Å². The van der Waals surface area contributed by atoms with E-state index in [2.05, 4.69) is 182 Å². The molecule has 0 aromatic heterocycles. The lowest BCUT2D eigenvalue weighted by molar-refractivity contribution is -0.401. The highest BCUT2D eigenvalue weighted by molar-refractivity contribution is 6.03. The van der Waals surface area contributed by atoms with Crippen molar-refractivity contribution in [1.29, 1.82) is 0 Å².